The Morgan fingerprint density at radius 2 is 2.19 bits per heavy atom. The summed E-state index contributed by atoms with van der Waals surface area (Å²) in [6.07, 6.45) is 1.52. The summed E-state index contributed by atoms with van der Waals surface area (Å²) in [6, 6.07) is 7.30. The van der Waals surface area contributed by atoms with Crippen molar-refractivity contribution in [3.8, 4) is 0 Å². The third-order valence-corrected chi connectivity index (χ3v) is 2.62. The summed E-state index contributed by atoms with van der Waals surface area (Å²) in [7, 11) is 1.78. The first-order valence-corrected chi connectivity index (χ1v) is 5.44. The first-order chi connectivity index (χ1) is 7.81. The second-order valence-electron chi connectivity index (χ2n) is 3.03. The molecule has 1 amide bonds. The van der Waals surface area contributed by atoms with E-state index in [4.69, 9.17) is 0 Å². The third-order valence-electron chi connectivity index (χ3n) is 2.04. The summed E-state index contributed by atoms with van der Waals surface area (Å²) in [5.74, 6) is -0.170. The molecule has 0 saturated carbocycles. The average molecular weight is 234 g/mol. The number of nitrogens with one attached hydrogen (secondary N) is 2. The number of hydrogen-bond donors (Lipinski definition) is 2. The van der Waals surface area contributed by atoms with Crippen LogP contribution in [-0.4, -0.2) is 22.5 Å². The molecule has 0 radical (unpaired) electrons. The Bertz CT molecular complexity index is 483. The molecule has 5 nitrogen and oxygen atoms in total. The fraction of sp³-hybridized carbons (Fsp3) is 0.100. The monoisotopic (exact) mass is 234 g/mol. The number of nitrogens with zero attached hydrogens (tertiary/aromatic N) is 2. The van der Waals surface area contributed by atoms with Crippen LogP contribution < -0.4 is 10.6 Å². The molecule has 1 heterocycles. The lowest BCUT2D eigenvalue weighted by atomic mass is 10.1. The van der Waals surface area contributed by atoms with Gasteiger partial charge in [-0.15, -0.1) is 5.10 Å². The zero-order valence-corrected chi connectivity index (χ0v) is 9.41. The second-order valence-corrected chi connectivity index (χ2v) is 3.82. The maximum Gasteiger partial charge on any atom is 0.258 e. The van der Waals surface area contributed by atoms with Gasteiger partial charge in [-0.25, -0.2) is 0 Å². The van der Waals surface area contributed by atoms with Crippen molar-refractivity contribution in [2.24, 2.45) is 0 Å². The van der Waals surface area contributed by atoms with Crippen molar-refractivity contribution in [1.82, 2.24) is 9.59 Å². The first-order valence-electron chi connectivity index (χ1n) is 4.67. The number of amides is 1. The number of anilines is 2. The van der Waals surface area contributed by atoms with Crippen LogP contribution in [0, 0.1) is 0 Å². The van der Waals surface area contributed by atoms with Crippen molar-refractivity contribution >= 4 is 28.1 Å². The highest BCUT2D eigenvalue weighted by Crippen LogP contribution is 2.17. The smallest absolute Gasteiger partial charge is 0.258 e. The molecule has 0 aliphatic heterocycles. The van der Waals surface area contributed by atoms with Gasteiger partial charge in [-0.3, -0.25) is 4.79 Å². The molecule has 82 valence electrons. The highest BCUT2D eigenvalue weighted by Gasteiger charge is 2.10. The number of aromatic nitrogens is 2. The van der Waals surface area contributed by atoms with Crippen molar-refractivity contribution in [1.29, 1.82) is 0 Å². The van der Waals surface area contributed by atoms with Gasteiger partial charge in [0.05, 0.1) is 11.8 Å². The van der Waals surface area contributed by atoms with Gasteiger partial charge in [-0.1, -0.05) is 16.6 Å². The lowest BCUT2D eigenvalue weighted by Gasteiger charge is -2.07. The van der Waals surface area contributed by atoms with Crippen LogP contribution in [0.25, 0.3) is 0 Å². The van der Waals surface area contributed by atoms with E-state index >= 15 is 0 Å². The van der Waals surface area contributed by atoms with Gasteiger partial charge in [-0.05, 0) is 12.1 Å². The lowest BCUT2D eigenvalue weighted by Crippen LogP contribution is -2.12. The molecule has 2 aromatic rings. The largest absolute Gasteiger partial charge is 0.387 e. The molecule has 0 unspecified atom stereocenters. The lowest BCUT2D eigenvalue weighted by molar-refractivity contribution is 0.102. The molecule has 16 heavy (non-hydrogen) atoms. The van der Waals surface area contributed by atoms with E-state index in [1.807, 2.05) is 18.2 Å². The van der Waals surface area contributed by atoms with Crippen LogP contribution in [0.5, 0.6) is 0 Å². The van der Waals surface area contributed by atoms with Crippen LogP contribution in [-0.2, 0) is 0 Å². The maximum absolute atomic E-state index is 11.9. The van der Waals surface area contributed by atoms with E-state index in [2.05, 4.69) is 20.2 Å². The quantitative estimate of drug-likeness (QED) is 0.850. The zero-order valence-electron chi connectivity index (χ0n) is 8.60. The van der Waals surface area contributed by atoms with Gasteiger partial charge < -0.3 is 10.6 Å². The number of rotatable bonds is 3. The minimum atomic E-state index is -0.170. The molecule has 2 N–H and O–H groups in total. The SMILES string of the molecule is CNc1ccccc1C(=O)Nc1cnns1. The van der Waals surface area contributed by atoms with Crippen molar-refractivity contribution in [3.63, 3.8) is 0 Å². The Balaban J connectivity index is 2.21. The molecular formula is C10H10N4OS. The van der Waals surface area contributed by atoms with Gasteiger partial charge >= 0.3 is 0 Å². The van der Waals surface area contributed by atoms with E-state index in [0.29, 0.717) is 10.6 Å². The fourth-order valence-corrected chi connectivity index (χ4v) is 1.72. The topological polar surface area (TPSA) is 66.9 Å². The minimum absolute atomic E-state index is 0.170. The van der Waals surface area contributed by atoms with E-state index in [0.717, 1.165) is 17.2 Å². The van der Waals surface area contributed by atoms with Crippen molar-refractivity contribution in [2.75, 3.05) is 17.7 Å². The third kappa shape index (κ3) is 2.17. The zero-order chi connectivity index (χ0) is 11.4. The number of hydrogen-bond acceptors (Lipinski definition) is 5. The van der Waals surface area contributed by atoms with E-state index in [-0.39, 0.29) is 5.91 Å². The summed E-state index contributed by atoms with van der Waals surface area (Å²) < 4.78 is 3.67. The molecule has 0 atom stereocenters. The highest BCUT2D eigenvalue weighted by atomic mass is 32.1. The first kappa shape index (κ1) is 10.6. The van der Waals surface area contributed by atoms with Gasteiger partial charge in [-0.2, -0.15) is 0 Å². The Hall–Kier alpha value is -1.95. The summed E-state index contributed by atoms with van der Waals surface area (Å²) >= 11 is 1.15. The maximum atomic E-state index is 11.9. The molecule has 0 fully saturated rings. The minimum Gasteiger partial charge on any atom is -0.387 e. The molecule has 6 heteroatoms. The normalized spacial score (nSPS) is 9.81. The molecule has 1 aromatic heterocycles. The molecule has 0 bridgehead atoms. The second kappa shape index (κ2) is 4.71. The van der Waals surface area contributed by atoms with Gasteiger partial charge in [0.25, 0.3) is 5.91 Å². The Morgan fingerprint density at radius 3 is 2.88 bits per heavy atom. The summed E-state index contributed by atoms with van der Waals surface area (Å²) in [4.78, 5) is 11.9. The highest BCUT2D eigenvalue weighted by molar-refractivity contribution is 7.10. The standard InChI is InChI=1S/C10H10N4OS/c1-11-8-5-3-2-4-7(8)10(15)13-9-6-12-14-16-9/h2-6,11H,1H3,(H,13,15). The summed E-state index contributed by atoms with van der Waals surface area (Å²) in [5.41, 5.74) is 1.39. The summed E-state index contributed by atoms with van der Waals surface area (Å²) in [6.45, 7) is 0. The van der Waals surface area contributed by atoms with Crippen LogP contribution in [0.15, 0.2) is 30.5 Å². The van der Waals surface area contributed by atoms with Crippen LogP contribution in [0.2, 0.25) is 0 Å². The van der Waals surface area contributed by atoms with Crippen molar-refractivity contribution < 1.29 is 4.79 Å². The summed E-state index contributed by atoms with van der Waals surface area (Å²) in [5, 5.41) is 9.98. The Labute approximate surface area is 96.7 Å². The van der Waals surface area contributed by atoms with E-state index in [1.165, 1.54) is 6.20 Å². The van der Waals surface area contributed by atoms with E-state index in [1.54, 1.807) is 13.1 Å². The molecule has 0 aliphatic rings. The van der Waals surface area contributed by atoms with Crippen LogP contribution in [0.3, 0.4) is 0 Å². The fourth-order valence-electron chi connectivity index (χ4n) is 1.30. The molecule has 2 rings (SSSR count). The molecule has 0 saturated heterocycles. The van der Waals surface area contributed by atoms with Gasteiger partial charge in [0, 0.05) is 24.3 Å². The average Bonchev–Trinajstić information content (AvgIpc) is 2.81. The van der Waals surface area contributed by atoms with E-state index in [9.17, 15) is 4.79 Å². The van der Waals surface area contributed by atoms with Gasteiger partial charge in [0.15, 0.2) is 0 Å². The van der Waals surface area contributed by atoms with Crippen LogP contribution in [0.1, 0.15) is 10.4 Å². The van der Waals surface area contributed by atoms with Crippen LogP contribution in [0.4, 0.5) is 10.7 Å². The Morgan fingerprint density at radius 1 is 1.38 bits per heavy atom. The van der Waals surface area contributed by atoms with Gasteiger partial charge in [0.1, 0.15) is 5.00 Å². The van der Waals surface area contributed by atoms with Crippen molar-refractivity contribution in [3.05, 3.63) is 36.0 Å². The molecular weight excluding hydrogens is 224 g/mol. The predicted octanol–water partition coefficient (Wildman–Crippen LogP) is 1.83. The number of carbonyl (C=O) groups excluding carboxylic acids is 1. The number of carbonyl (C=O) groups is 1. The molecule has 0 aliphatic carbocycles. The molecule has 0 spiro atoms. The number of para-hydroxylation sites is 1. The van der Waals surface area contributed by atoms with Gasteiger partial charge in [0.2, 0.25) is 0 Å². The van der Waals surface area contributed by atoms with E-state index < -0.39 is 0 Å². The van der Waals surface area contributed by atoms with Crippen LogP contribution >= 0.6 is 11.5 Å². The predicted molar refractivity (Wildman–Crippen MR) is 63.9 cm³/mol. The Kier molecular flexibility index (Phi) is 3.11. The number of benzene rings is 1. The van der Waals surface area contributed by atoms with Crippen molar-refractivity contribution in [2.45, 2.75) is 0 Å². The molecule has 1 aromatic carbocycles.